The van der Waals surface area contributed by atoms with E-state index in [9.17, 15) is 9.59 Å². The van der Waals surface area contributed by atoms with E-state index < -0.39 is 5.97 Å². The van der Waals surface area contributed by atoms with Gasteiger partial charge in [-0.25, -0.2) is 4.79 Å². The Labute approximate surface area is 185 Å². The zero-order chi connectivity index (χ0) is 22.3. The molecule has 1 aliphatic carbocycles. The first kappa shape index (κ1) is 24.1. The highest BCUT2D eigenvalue weighted by Gasteiger charge is 2.07. The van der Waals surface area contributed by atoms with Gasteiger partial charge in [0.1, 0.15) is 6.29 Å². The van der Waals surface area contributed by atoms with Gasteiger partial charge in [-0.1, -0.05) is 86.1 Å². The molecular weight excluding hydrogens is 384 g/mol. The lowest BCUT2D eigenvalue weighted by atomic mass is 9.92. The van der Waals surface area contributed by atoms with Crippen molar-refractivity contribution < 1.29 is 14.7 Å². The van der Waals surface area contributed by atoms with Crippen LogP contribution in [0, 0.1) is 0 Å². The molecule has 0 saturated carbocycles. The predicted molar refractivity (Wildman–Crippen MR) is 127 cm³/mol. The Morgan fingerprint density at radius 3 is 1.90 bits per heavy atom. The fraction of sp³-hybridized carbons (Fsp3) is 0.286. The molecule has 0 aromatic heterocycles. The number of benzene rings is 3. The predicted octanol–water partition coefficient (Wildman–Crippen LogP) is 6.79. The average Bonchev–Trinajstić information content (AvgIpc) is 2.84. The Bertz CT molecular complexity index is 907. The zero-order valence-electron chi connectivity index (χ0n) is 18.3. The van der Waals surface area contributed by atoms with Crippen LogP contribution in [-0.2, 0) is 19.3 Å². The van der Waals surface area contributed by atoms with Gasteiger partial charge in [-0.15, -0.1) is 0 Å². The lowest BCUT2D eigenvalue weighted by Gasteiger charge is -2.13. The van der Waals surface area contributed by atoms with E-state index in [0.29, 0.717) is 5.56 Å². The van der Waals surface area contributed by atoms with E-state index in [4.69, 9.17) is 5.11 Å². The van der Waals surface area contributed by atoms with Crippen LogP contribution >= 0.6 is 0 Å². The Morgan fingerprint density at radius 1 is 0.839 bits per heavy atom. The first-order valence-corrected chi connectivity index (χ1v) is 11.0. The molecule has 1 aliphatic rings. The first-order valence-electron chi connectivity index (χ1n) is 11.0. The minimum Gasteiger partial charge on any atom is -0.478 e. The summed E-state index contributed by atoms with van der Waals surface area (Å²) < 4.78 is 0. The third-order valence-corrected chi connectivity index (χ3v) is 5.24. The van der Waals surface area contributed by atoms with E-state index in [1.807, 2.05) is 30.3 Å². The normalized spacial score (nSPS) is 11.6. The van der Waals surface area contributed by atoms with Crippen LogP contribution in [0.25, 0.3) is 0 Å². The topological polar surface area (TPSA) is 54.4 Å². The Kier molecular flexibility index (Phi) is 10.8. The smallest absolute Gasteiger partial charge is 0.335 e. The summed E-state index contributed by atoms with van der Waals surface area (Å²) in [5.41, 5.74) is 5.27. The van der Waals surface area contributed by atoms with Crippen molar-refractivity contribution in [1.29, 1.82) is 0 Å². The van der Waals surface area contributed by atoms with E-state index >= 15 is 0 Å². The summed E-state index contributed by atoms with van der Waals surface area (Å²) in [6.45, 7) is 2.10. The van der Waals surface area contributed by atoms with Crippen molar-refractivity contribution in [3.05, 3.63) is 107 Å². The third kappa shape index (κ3) is 8.59. The van der Waals surface area contributed by atoms with Crippen molar-refractivity contribution in [2.45, 2.75) is 51.9 Å². The number of hydrogen-bond donors (Lipinski definition) is 1. The van der Waals surface area contributed by atoms with Gasteiger partial charge in [0, 0.05) is 5.56 Å². The molecule has 0 unspecified atom stereocenters. The molecule has 0 aliphatic heterocycles. The highest BCUT2D eigenvalue weighted by molar-refractivity contribution is 5.89. The molecule has 0 fully saturated rings. The van der Waals surface area contributed by atoms with Crippen molar-refractivity contribution in [3.63, 3.8) is 0 Å². The minimum atomic E-state index is -0.827. The fourth-order valence-corrected chi connectivity index (χ4v) is 3.52. The molecule has 0 radical (unpaired) electrons. The van der Waals surface area contributed by atoms with Gasteiger partial charge in [-0.2, -0.15) is 0 Å². The van der Waals surface area contributed by atoms with E-state index in [0.717, 1.165) is 36.7 Å². The number of aldehydes is 1. The molecule has 0 bridgehead atoms. The van der Waals surface area contributed by atoms with Crippen LogP contribution in [0.5, 0.6) is 0 Å². The van der Waals surface area contributed by atoms with Gasteiger partial charge in [0.2, 0.25) is 0 Å². The van der Waals surface area contributed by atoms with Gasteiger partial charge >= 0.3 is 5.97 Å². The van der Waals surface area contributed by atoms with E-state index in [2.05, 4.69) is 31.2 Å². The number of unbranched alkanes of at least 4 members (excludes halogenated alkanes) is 1. The second kappa shape index (κ2) is 13.9. The van der Waals surface area contributed by atoms with E-state index in [1.54, 1.807) is 35.4 Å². The number of carboxylic acid groups (broad SMARTS) is 1. The molecule has 3 aromatic rings. The summed E-state index contributed by atoms with van der Waals surface area (Å²) in [7, 11) is 0. The standard InChI is InChI=1S/C11H14O2.C10H12.C7H6O/c1-2-3-6-9-7-4-5-8-10(9)11(12)13;1-2-6-10-8-4-3-7-9(10)5-1;8-6-7-4-2-1-3-5-7/h4-5,7-8H,2-3,6H2,1H3,(H,12,13);1-2,5-6H,3-4,7-8H2;1-6H. The first-order chi connectivity index (χ1) is 15.2. The molecule has 162 valence electrons. The second-order valence-electron chi connectivity index (χ2n) is 7.57. The molecule has 0 atom stereocenters. The maximum absolute atomic E-state index is 10.8. The number of aromatic carboxylic acids is 1. The van der Waals surface area contributed by atoms with Gasteiger partial charge in [-0.05, 0) is 61.3 Å². The number of carbonyl (C=O) groups excluding carboxylic acids is 1. The number of fused-ring (bicyclic) bond motifs is 1. The lowest BCUT2D eigenvalue weighted by Crippen LogP contribution is -2.01. The van der Waals surface area contributed by atoms with E-state index in [-0.39, 0.29) is 0 Å². The monoisotopic (exact) mass is 416 g/mol. The molecule has 0 saturated heterocycles. The average molecular weight is 417 g/mol. The van der Waals surface area contributed by atoms with Gasteiger partial charge in [-0.3, -0.25) is 4.79 Å². The van der Waals surface area contributed by atoms with Crippen molar-refractivity contribution in [1.82, 2.24) is 0 Å². The summed E-state index contributed by atoms with van der Waals surface area (Å²) in [6, 6.07) is 25.1. The summed E-state index contributed by atoms with van der Waals surface area (Å²) >= 11 is 0. The van der Waals surface area contributed by atoms with Crippen molar-refractivity contribution in [3.8, 4) is 0 Å². The van der Waals surface area contributed by atoms with E-state index in [1.165, 1.54) is 25.7 Å². The molecule has 0 spiro atoms. The van der Waals surface area contributed by atoms with Crippen LogP contribution in [-0.4, -0.2) is 17.4 Å². The summed E-state index contributed by atoms with van der Waals surface area (Å²) in [5, 5.41) is 8.86. The van der Waals surface area contributed by atoms with Crippen molar-refractivity contribution in [2.75, 3.05) is 0 Å². The van der Waals surface area contributed by atoms with Gasteiger partial charge in [0.05, 0.1) is 5.56 Å². The lowest BCUT2D eigenvalue weighted by molar-refractivity contribution is 0.0695. The van der Waals surface area contributed by atoms with Gasteiger partial charge in [0.15, 0.2) is 0 Å². The molecule has 3 heteroatoms. The quantitative estimate of drug-likeness (QED) is 0.466. The fourth-order valence-electron chi connectivity index (χ4n) is 3.52. The highest BCUT2D eigenvalue weighted by atomic mass is 16.4. The minimum absolute atomic E-state index is 0.441. The number of rotatable bonds is 5. The zero-order valence-corrected chi connectivity index (χ0v) is 18.3. The van der Waals surface area contributed by atoms with Crippen LogP contribution in [0.4, 0.5) is 0 Å². The molecule has 3 aromatic carbocycles. The Hall–Kier alpha value is -3.20. The Morgan fingerprint density at radius 2 is 1.39 bits per heavy atom. The molecular formula is C28H32O3. The maximum atomic E-state index is 10.8. The van der Waals surface area contributed by atoms with Crippen LogP contribution in [0.2, 0.25) is 0 Å². The van der Waals surface area contributed by atoms with Crippen LogP contribution in [0.3, 0.4) is 0 Å². The molecule has 0 amide bonds. The van der Waals surface area contributed by atoms with Gasteiger partial charge in [0.25, 0.3) is 0 Å². The van der Waals surface area contributed by atoms with Crippen molar-refractivity contribution >= 4 is 12.3 Å². The van der Waals surface area contributed by atoms with Crippen LogP contribution in [0.15, 0.2) is 78.9 Å². The summed E-state index contributed by atoms with van der Waals surface area (Å²) in [6.07, 6.45) is 9.21. The summed E-state index contributed by atoms with van der Waals surface area (Å²) in [4.78, 5) is 20.8. The molecule has 1 N–H and O–H groups in total. The second-order valence-corrected chi connectivity index (χ2v) is 7.57. The highest BCUT2D eigenvalue weighted by Crippen LogP contribution is 2.19. The third-order valence-electron chi connectivity index (χ3n) is 5.24. The molecule has 31 heavy (non-hydrogen) atoms. The molecule has 4 rings (SSSR count). The largest absolute Gasteiger partial charge is 0.478 e. The molecule has 0 heterocycles. The number of carbonyl (C=O) groups is 2. The maximum Gasteiger partial charge on any atom is 0.335 e. The van der Waals surface area contributed by atoms with Gasteiger partial charge < -0.3 is 5.11 Å². The Balaban J connectivity index is 0.000000170. The van der Waals surface area contributed by atoms with Crippen LogP contribution in [0.1, 0.15) is 70.0 Å². The number of carboxylic acids is 1. The van der Waals surface area contributed by atoms with Crippen molar-refractivity contribution in [2.24, 2.45) is 0 Å². The summed E-state index contributed by atoms with van der Waals surface area (Å²) in [5.74, 6) is -0.827. The SMILES string of the molecule is CCCCc1ccccc1C(=O)O.O=Cc1ccccc1.c1ccc2c(c1)CCCC2. The number of hydrogen-bond acceptors (Lipinski definition) is 2. The molecule has 3 nitrogen and oxygen atoms in total. The van der Waals surface area contributed by atoms with Crippen LogP contribution < -0.4 is 0 Å². The number of aryl methyl sites for hydroxylation is 3.